The molecule has 3 amide bonds. The Kier molecular flexibility index (Phi) is 13.9. The molecule has 1 aromatic heterocycles. The number of esters is 1. The van der Waals surface area contributed by atoms with Crippen LogP contribution in [0.5, 0.6) is 0 Å². The van der Waals surface area contributed by atoms with Crippen LogP contribution >= 0.6 is 0 Å². The van der Waals surface area contributed by atoms with Gasteiger partial charge in [-0.1, -0.05) is 50.3 Å². The lowest BCUT2D eigenvalue weighted by atomic mass is 10.1. The standard InChI is InChI=1S/C30H40N4O7/c1-5-40-27(36)14-10-9-13-24(33-30(39)41-20-23-11-7-6-8-12-23)28(37)32-25-16-15-22(4)34(29(25)38)19-26(35)31-18-17-21(2)3/h6-8,10-12,14-16,21,24H,5,9,13,17-20H2,1-4H3,(H,31,35)(H,32,37)(H,33,39)/b14-10+/t24-/m0/s1. The summed E-state index contributed by atoms with van der Waals surface area (Å²) in [4.78, 5) is 62.8. The van der Waals surface area contributed by atoms with E-state index in [0.717, 1.165) is 12.0 Å². The number of rotatable bonds is 15. The Morgan fingerprint density at radius 2 is 1.73 bits per heavy atom. The molecule has 2 aromatic rings. The number of allylic oxidation sites excluding steroid dienone is 1. The molecule has 11 nitrogen and oxygen atoms in total. The maximum atomic E-state index is 13.2. The lowest BCUT2D eigenvalue weighted by Crippen LogP contribution is -2.45. The van der Waals surface area contributed by atoms with Crippen molar-refractivity contribution in [2.75, 3.05) is 18.5 Å². The van der Waals surface area contributed by atoms with Gasteiger partial charge in [-0.2, -0.15) is 0 Å². The highest BCUT2D eigenvalue weighted by Gasteiger charge is 2.23. The Morgan fingerprint density at radius 3 is 2.41 bits per heavy atom. The quantitative estimate of drug-likeness (QED) is 0.220. The highest BCUT2D eigenvalue weighted by Crippen LogP contribution is 2.08. The molecule has 0 saturated carbocycles. The molecular weight excluding hydrogens is 528 g/mol. The van der Waals surface area contributed by atoms with Gasteiger partial charge in [-0.05, 0) is 56.7 Å². The number of anilines is 1. The highest BCUT2D eigenvalue weighted by atomic mass is 16.5. The smallest absolute Gasteiger partial charge is 0.408 e. The van der Waals surface area contributed by atoms with Crippen molar-refractivity contribution in [1.29, 1.82) is 0 Å². The number of carbonyl (C=O) groups is 4. The fourth-order valence-corrected chi connectivity index (χ4v) is 3.69. The van der Waals surface area contributed by atoms with Crippen LogP contribution < -0.4 is 21.5 Å². The molecule has 0 saturated heterocycles. The van der Waals surface area contributed by atoms with Crippen LogP contribution in [0.3, 0.4) is 0 Å². The molecule has 1 heterocycles. The fraction of sp³-hybridized carbons (Fsp3) is 0.433. The molecule has 0 bridgehead atoms. The molecule has 0 spiro atoms. The van der Waals surface area contributed by atoms with Gasteiger partial charge in [0.15, 0.2) is 0 Å². The van der Waals surface area contributed by atoms with Gasteiger partial charge in [-0.25, -0.2) is 9.59 Å². The van der Waals surface area contributed by atoms with E-state index >= 15 is 0 Å². The van der Waals surface area contributed by atoms with Crippen molar-refractivity contribution >= 4 is 29.6 Å². The third-order valence-electron chi connectivity index (χ3n) is 5.98. The molecule has 2 rings (SSSR count). The second kappa shape index (κ2) is 17.3. The fourth-order valence-electron chi connectivity index (χ4n) is 3.69. The van der Waals surface area contributed by atoms with Gasteiger partial charge < -0.3 is 30.0 Å². The molecule has 0 fully saturated rings. The summed E-state index contributed by atoms with van der Waals surface area (Å²) in [5.41, 5.74) is 0.733. The van der Waals surface area contributed by atoms with Crippen LogP contribution in [0.1, 0.15) is 51.3 Å². The molecule has 41 heavy (non-hydrogen) atoms. The lowest BCUT2D eigenvalue weighted by molar-refractivity contribution is -0.137. The number of carbonyl (C=O) groups excluding carboxylic acids is 4. The van der Waals surface area contributed by atoms with Gasteiger partial charge in [0.25, 0.3) is 5.56 Å². The first-order valence-electron chi connectivity index (χ1n) is 13.7. The number of benzene rings is 1. The van der Waals surface area contributed by atoms with Crippen LogP contribution in [0.4, 0.5) is 10.5 Å². The number of aromatic nitrogens is 1. The zero-order valence-electron chi connectivity index (χ0n) is 24.1. The van der Waals surface area contributed by atoms with Crippen LogP contribution in [0.2, 0.25) is 0 Å². The van der Waals surface area contributed by atoms with Gasteiger partial charge in [0.1, 0.15) is 24.9 Å². The molecule has 0 radical (unpaired) electrons. The van der Waals surface area contributed by atoms with Crippen molar-refractivity contribution in [3.8, 4) is 0 Å². The molecule has 222 valence electrons. The van der Waals surface area contributed by atoms with Crippen LogP contribution in [-0.2, 0) is 37.0 Å². The number of hydrogen-bond donors (Lipinski definition) is 3. The lowest BCUT2D eigenvalue weighted by Gasteiger charge is -2.18. The predicted octanol–water partition coefficient (Wildman–Crippen LogP) is 3.45. The summed E-state index contributed by atoms with van der Waals surface area (Å²) in [6.45, 7) is 8.02. The van der Waals surface area contributed by atoms with E-state index in [-0.39, 0.29) is 44.2 Å². The van der Waals surface area contributed by atoms with E-state index in [1.54, 1.807) is 32.0 Å². The SMILES string of the molecule is CCOC(=O)/C=C/CC[C@H](NC(=O)OCc1ccccc1)C(=O)Nc1ccc(C)n(CC(=O)NCCC(C)C)c1=O. The topological polar surface area (TPSA) is 145 Å². The molecule has 3 N–H and O–H groups in total. The van der Waals surface area contributed by atoms with Crippen LogP contribution in [0, 0.1) is 12.8 Å². The maximum Gasteiger partial charge on any atom is 0.408 e. The minimum atomic E-state index is -1.08. The first kappa shape index (κ1) is 32.8. The summed E-state index contributed by atoms with van der Waals surface area (Å²) in [5.74, 6) is -1.05. The first-order valence-corrected chi connectivity index (χ1v) is 13.7. The van der Waals surface area contributed by atoms with E-state index in [9.17, 15) is 24.0 Å². The Balaban J connectivity index is 2.12. The largest absolute Gasteiger partial charge is 0.463 e. The number of aryl methyl sites for hydroxylation is 1. The van der Waals surface area contributed by atoms with Gasteiger partial charge in [0.05, 0.1) is 6.61 Å². The van der Waals surface area contributed by atoms with E-state index in [2.05, 4.69) is 29.8 Å². The van der Waals surface area contributed by atoms with Gasteiger partial charge in [-0.3, -0.25) is 14.4 Å². The monoisotopic (exact) mass is 568 g/mol. The number of amides is 3. The predicted molar refractivity (Wildman–Crippen MR) is 155 cm³/mol. The van der Waals surface area contributed by atoms with Crippen LogP contribution in [-0.4, -0.2) is 47.6 Å². The maximum absolute atomic E-state index is 13.2. The average molecular weight is 569 g/mol. The zero-order valence-corrected chi connectivity index (χ0v) is 24.1. The van der Waals surface area contributed by atoms with E-state index in [0.29, 0.717) is 18.2 Å². The van der Waals surface area contributed by atoms with E-state index in [4.69, 9.17) is 9.47 Å². The van der Waals surface area contributed by atoms with Crippen molar-refractivity contribution in [3.63, 3.8) is 0 Å². The number of nitrogens with one attached hydrogen (secondary N) is 3. The van der Waals surface area contributed by atoms with Crippen LogP contribution in [0.25, 0.3) is 0 Å². The number of pyridine rings is 1. The number of ether oxygens (including phenoxy) is 2. The second-order valence-electron chi connectivity index (χ2n) is 9.79. The van der Waals surface area contributed by atoms with E-state index in [1.807, 2.05) is 18.2 Å². The second-order valence-corrected chi connectivity index (χ2v) is 9.79. The number of hydrogen-bond acceptors (Lipinski definition) is 7. The van der Waals surface area contributed by atoms with Gasteiger partial charge >= 0.3 is 12.1 Å². The van der Waals surface area contributed by atoms with Crippen LogP contribution in [0.15, 0.2) is 59.4 Å². The Bertz CT molecular complexity index is 1260. The molecule has 0 aliphatic heterocycles. The van der Waals surface area contributed by atoms with Gasteiger partial charge in [0, 0.05) is 18.3 Å². The third kappa shape index (κ3) is 12.1. The highest BCUT2D eigenvalue weighted by molar-refractivity contribution is 5.96. The Hall–Kier alpha value is -4.41. The summed E-state index contributed by atoms with van der Waals surface area (Å²) >= 11 is 0. The molecule has 0 aliphatic rings. The normalized spacial score (nSPS) is 11.6. The first-order chi connectivity index (χ1) is 19.6. The molecule has 11 heteroatoms. The summed E-state index contributed by atoms with van der Waals surface area (Å²) in [6.07, 6.45) is 3.14. The molecular formula is C30H40N4O7. The molecule has 0 aliphatic carbocycles. The summed E-state index contributed by atoms with van der Waals surface area (Å²) in [5, 5.41) is 7.90. The van der Waals surface area contributed by atoms with Crippen molar-refractivity contribution in [2.45, 2.75) is 66.2 Å². The van der Waals surface area contributed by atoms with Crippen molar-refractivity contribution in [3.05, 3.63) is 76.2 Å². The minimum Gasteiger partial charge on any atom is -0.463 e. The van der Waals surface area contributed by atoms with Crippen molar-refractivity contribution < 1.29 is 28.7 Å². The summed E-state index contributed by atoms with van der Waals surface area (Å²) in [6, 6.07) is 11.0. The van der Waals surface area contributed by atoms with Gasteiger partial charge in [-0.15, -0.1) is 0 Å². The summed E-state index contributed by atoms with van der Waals surface area (Å²) in [7, 11) is 0. The Morgan fingerprint density at radius 1 is 1.00 bits per heavy atom. The summed E-state index contributed by atoms with van der Waals surface area (Å²) < 4.78 is 11.4. The van der Waals surface area contributed by atoms with E-state index < -0.39 is 29.6 Å². The minimum absolute atomic E-state index is 0.00563. The zero-order chi connectivity index (χ0) is 30.2. The average Bonchev–Trinajstić information content (AvgIpc) is 2.93. The number of nitrogens with zero attached hydrogens (tertiary/aromatic N) is 1. The molecule has 0 unspecified atom stereocenters. The van der Waals surface area contributed by atoms with Crippen molar-refractivity contribution in [1.82, 2.24) is 15.2 Å². The molecule has 1 aromatic carbocycles. The Labute approximate surface area is 240 Å². The third-order valence-corrected chi connectivity index (χ3v) is 5.98. The van der Waals surface area contributed by atoms with Crippen molar-refractivity contribution in [2.24, 2.45) is 5.92 Å². The molecule has 1 atom stereocenters. The number of alkyl carbamates (subject to hydrolysis) is 1. The van der Waals surface area contributed by atoms with E-state index in [1.165, 1.54) is 22.8 Å². The van der Waals surface area contributed by atoms with Gasteiger partial charge in [0.2, 0.25) is 11.8 Å².